The fraction of sp³-hybridized carbons (Fsp3) is 0.444. The first-order valence-electron chi connectivity index (χ1n) is 8.66. The average molecular weight is 375 g/mol. The molecule has 26 heavy (non-hydrogen) atoms. The second-order valence-corrected chi connectivity index (χ2v) is 7.12. The fourth-order valence-electron chi connectivity index (χ4n) is 2.20. The lowest BCUT2D eigenvalue weighted by molar-refractivity contribution is -0.128. The number of carbonyl (C=O) groups excluding carboxylic acids is 1. The molecular weight excluding hydrogens is 348 g/mol. The number of aromatic nitrogens is 2. The molecule has 0 aliphatic heterocycles. The highest BCUT2D eigenvalue weighted by Crippen LogP contribution is 2.10. The number of thiazole rings is 1. The van der Waals surface area contributed by atoms with Crippen LogP contribution in [0.15, 0.2) is 35.6 Å². The van der Waals surface area contributed by atoms with Gasteiger partial charge in [0.25, 0.3) is 0 Å². The standard InChI is InChI=1S/C18H26N6OS/c1-4-19-18(22-12-16-21-11-14(2)26-16)23-13-17(25)24(3)10-8-15-7-5-6-9-20-15/h5-7,9,11H,4,8,10,12-13H2,1-3H3,(H2,19,22,23). The number of aryl methyl sites for hydroxylation is 1. The Bertz CT molecular complexity index is 715. The quantitative estimate of drug-likeness (QED) is 0.542. The predicted octanol–water partition coefficient (Wildman–Crippen LogP) is 1.60. The number of nitrogens with one attached hydrogen (secondary N) is 2. The van der Waals surface area contributed by atoms with Crippen molar-refractivity contribution in [3.05, 3.63) is 46.2 Å². The average Bonchev–Trinajstić information content (AvgIpc) is 3.07. The minimum absolute atomic E-state index is 0.0248. The Morgan fingerprint density at radius 3 is 2.81 bits per heavy atom. The Labute approximate surface area is 158 Å². The van der Waals surface area contributed by atoms with Crippen LogP contribution in [0, 0.1) is 6.92 Å². The molecule has 0 saturated carbocycles. The van der Waals surface area contributed by atoms with Crippen LogP contribution in [-0.2, 0) is 17.8 Å². The molecule has 0 radical (unpaired) electrons. The summed E-state index contributed by atoms with van der Waals surface area (Å²) in [6, 6.07) is 5.80. The maximum Gasteiger partial charge on any atom is 0.244 e. The van der Waals surface area contributed by atoms with Gasteiger partial charge < -0.3 is 15.5 Å². The summed E-state index contributed by atoms with van der Waals surface area (Å²) in [6.45, 7) is 6.06. The van der Waals surface area contributed by atoms with Crippen LogP contribution in [0.3, 0.4) is 0 Å². The molecule has 0 unspecified atom stereocenters. The number of carbonyl (C=O) groups is 1. The lowest BCUT2D eigenvalue weighted by Crippen LogP contribution is -2.38. The number of amides is 1. The molecule has 2 aromatic rings. The molecular formula is C18H26N6OS. The molecule has 0 aromatic carbocycles. The van der Waals surface area contributed by atoms with Crippen LogP contribution in [0.2, 0.25) is 0 Å². The molecule has 8 heteroatoms. The largest absolute Gasteiger partial charge is 0.357 e. The third kappa shape index (κ3) is 6.79. The van der Waals surface area contributed by atoms with Crippen LogP contribution in [0.25, 0.3) is 0 Å². The second-order valence-electron chi connectivity index (χ2n) is 5.80. The summed E-state index contributed by atoms with van der Waals surface area (Å²) in [4.78, 5) is 28.1. The molecule has 0 spiro atoms. The number of hydrogen-bond donors (Lipinski definition) is 2. The lowest BCUT2D eigenvalue weighted by Gasteiger charge is -2.16. The van der Waals surface area contributed by atoms with Crippen LogP contribution in [0.5, 0.6) is 0 Å². The van der Waals surface area contributed by atoms with Gasteiger partial charge in [-0.2, -0.15) is 0 Å². The number of pyridine rings is 1. The molecule has 2 heterocycles. The lowest BCUT2D eigenvalue weighted by atomic mass is 10.2. The van der Waals surface area contributed by atoms with Crippen molar-refractivity contribution < 1.29 is 4.79 Å². The molecule has 0 fully saturated rings. The van der Waals surface area contributed by atoms with Gasteiger partial charge in [0.2, 0.25) is 5.91 Å². The summed E-state index contributed by atoms with van der Waals surface area (Å²) in [7, 11) is 1.79. The van der Waals surface area contributed by atoms with Crippen molar-refractivity contribution in [1.29, 1.82) is 0 Å². The Kier molecular flexibility index (Phi) is 8.01. The molecule has 7 nitrogen and oxygen atoms in total. The zero-order valence-corrected chi connectivity index (χ0v) is 16.3. The van der Waals surface area contributed by atoms with Crippen LogP contribution in [0.4, 0.5) is 0 Å². The maximum absolute atomic E-state index is 12.3. The highest BCUT2D eigenvalue weighted by molar-refractivity contribution is 7.11. The Hall–Kier alpha value is -2.48. The van der Waals surface area contributed by atoms with Gasteiger partial charge in [-0.25, -0.2) is 9.98 Å². The SMILES string of the molecule is CCNC(=NCC(=O)N(C)CCc1ccccn1)NCc1ncc(C)s1. The van der Waals surface area contributed by atoms with Crippen molar-refractivity contribution >= 4 is 23.2 Å². The van der Waals surface area contributed by atoms with E-state index in [4.69, 9.17) is 0 Å². The third-order valence-corrected chi connectivity index (χ3v) is 4.56. The summed E-state index contributed by atoms with van der Waals surface area (Å²) in [5.41, 5.74) is 0.976. The van der Waals surface area contributed by atoms with Gasteiger partial charge in [0.15, 0.2) is 5.96 Å². The van der Waals surface area contributed by atoms with Gasteiger partial charge in [-0.15, -0.1) is 11.3 Å². The second kappa shape index (κ2) is 10.5. The monoisotopic (exact) mass is 374 g/mol. The molecule has 2 aromatic heterocycles. The van der Waals surface area contributed by atoms with Gasteiger partial charge in [0.05, 0.1) is 6.54 Å². The normalized spacial score (nSPS) is 11.3. The van der Waals surface area contributed by atoms with Gasteiger partial charge in [-0.1, -0.05) is 6.07 Å². The minimum Gasteiger partial charge on any atom is -0.357 e. The highest BCUT2D eigenvalue weighted by atomic mass is 32.1. The van der Waals surface area contributed by atoms with E-state index >= 15 is 0 Å². The molecule has 2 rings (SSSR count). The number of aliphatic imine (C=N–C) groups is 1. The van der Waals surface area contributed by atoms with Crippen molar-refractivity contribution in [2.45, 2.75) is 26.8 Å². The van der Waals surface area contributed by atoms with E-state index in [1.165, 1.54) is 4.88 Å². The Balaban J connectivity index is 1.81. The summed E-state index contributed by atoms with van der Waals surface area (Å²) in [5.74, 6) is 0.593. The van der Waals surface area contributed by atoms with Crippen LogP contribution < -0.4 is 10.6 Å². The van der Waals surface area contributed by atoms with Gasteiger partial charge in [0.1, 0.15) is 11.6 Å². The summed E-state index contributed by atoms with van der Waals surface area (Å²) >= 11 is 1.64. The van der Waals surface area contributed by atoms with E-state index in [0.717, 1.165) is 23.7 Å². The Morgan fingerprint density at radius 1 is 1.31 bits per heavy atom. The van der Waals surface area contributed by atoms with Crippen LogP contribution in [-0.4, -0.2) is 53.4 Å². The maximum atomic E-state index is 12.3. The number of hydrogen-bond acceptors (Lipinski definition) is 5. The van der Waals surface area contributed by atoms with Crippen molar-refractivity contribution in [1.82, 2.24) is 25.5 Å². The molecule has 1 amide bonds. The van der Waals surface area contributed by atoms with E-state index in [0.29, 0.717) is 19.0 Å². The van der Waals surface area contributed by atoms with Gasteiger partial charge in [0, 0.05) is 49.5 Å². The summed E-state index contributed by atoms with van der Waals surface area (Å²) in [5, 5.41) is 7.35. The topological polar surface area (TPSA) is 82.5 Å². The molecule has 0 bridgehead atoms. The zero-order valence-electron chi connectivity index (χ0n) is 15.5. The molecule has 0 atom stereocenters. The minimum atomic E-state index is -0.0248. The molecule has 0 aliphatic rings. The summed E-state index contributed by atoms with van der Waals surface area (Å²) < 4.78 is 0. The zero-order chi connectivity index (χ0) is 18.8. The smallest absolute Gasteiger partial charge is 0.244 e. The molecule has 140 valence electrons. The van der Waals surface area contributed by atoms with Crippen molar-refractivity contribution in [2.75, 3.05) is 26.7 Å². The number of rotatable bonds is 8. The Morgan fingerprint density at radius 2 is 2.15 bits per heavy atom. The van der Waals surface area contributed by atoms with Crippen LogP contribution in [0.1, 0.15) is 22.5 Å². The number of guanidine groups is 1. The first kappa shape index (κ1) is 19.8. The molecule has 2 N–H and O–H groups in total. The van der Waals surface area contributed by atoms with E-state index < -0.39 is 0 Å². The molecule has 0 saturated heterocycles. The van der Waals surface area contributed by atoms with Gasteiger partial charge in [-0.3, -0.25) is 9.78 Å². The van der Waals surface area contributed by atoms with Crippen LogP contribution >= 0.6 is 11.3 Å². The fourth-order valence-corrected chi connectivity index (χ4v) is 2.93. The number of nitrogens with zero attached hydrogens (tertiary/aromatic N) is 4. The molecule has 0 aliphatic carbocycles. The first-order valence-corrected chi connectivity index (χ1v) is 9.47. The first-order chi connectivity index (χ1) is 12.6. The van der Waals surface area contributed by atoms with Gasteiger partial charge in [-0.05, 0) is 26.0 Å². The van der Waals surface area contributed by atoms with E-state index in [9.17, 15) is 4.79 Å². The summed E-state index contributed by atoms with van der Waals surface area (Å²) in [6.07, 6.45) is 4.35. The number of likely N-dealkylation sites (N-methyl/N-ethyl adjacent to an activating group) is 1. The van der Waals surface area contributed by atoms with E-state index in [1.54, 1.807) is 29.5 Å². The van der Waals surface area contributed by atoms with E-state index in [2.05, 4.69) is 25.6 Å². The predicted molar refractivity (Wildman–Crippen MR) is 105 cm³/mol. The highest BCUT2D eigenvalue weighted by Gasteiger charge is 2.09. The van der Waals surface area contributed by atoms with E-state index in [1.807, 2.05) is 38.2 Å². The third-order valence-electron chi connectivity index (χ3n) is 3.65. The van der Waals surface area contributed by atoms with Crippen molar-refractivity contribution in [3.63, 3.8) is 0 Å². The van der Waals surface area contributed by atoms with Gasteiger partial charge >= 0.3 is 0 Å². The van der Waals surface area contributed by atoms with Crippen molar-refractivity contribution in [2.24, 2.45) is 4.99 Å². The van der Waals surface area contributed by atoms with Crippen molar-refractivity contribution in [3.8, 4) is 0 Å². The van der Waals surface area contributed by atoms with E-state index in [-0.39, 0.29) is 12.5 Å².